The molecule has 3 amide bonds. The molecule has 0 fully saturated rings. The summed E-state index contributed by atoms with van der Waals surface area (Å²) in [6, 6.07) is 16.4. The van der Waals surface area contributed by atoms with E-state index < -0.39 is 12.2 Å². The third kappa shape index (κ3) is 8.19. The van der Waals surface area contributed by atoms with Crippen LogP contribution in [0.2, 0.25) is 0 Å². The average molecular weight is 513 g/mol. The zero-order valence-corrected chi connectivity index (χ0v) is 21.5. The van der Waals surface area contributed by atoms with Crippen LogP contribution in [0.5, 0.6) is 0 Å². The minimum Gasteiger partial charge on any atom is -0.449 e. The van der Waals surface area contributed by atoms with Gasteiger partial charge < -0.3 is 35.1 Å². The Kier molecular flexibility index (Phi) is 11.2. The summed E-state index contributed by atoms with van der Waals surface area (Å²) in [4.78, 5) is 37.5. The summed E-state index contributed by atoms with van der Waals surface area (Å²) in [7, 11) is 3.28. The lowest BCUT2D eigenvalue weighted by atomic mass is 9.98. The molecule has 0 bridgehead atoms. The fourth-order valence-corrected chi connectivity index (χ4v) is 4.22. The summed E-state index contributed by atoms with van der Waals surface area (Å²) in [6.45, 7) is 2.53. The molecule has 0 saturated carbocycles. The molecular formula is C27H36N4O6. The highest BCUT2D eigenvalue weighted by Gasteiger charge is 2.28. The molecule has 37 heavy (non-hydrogen) atoms. The van der Waals surface area contributed by atoms with Crippen LogP contribution >= 0.6 is 0 Å². The first-order valence-electron chi connectivity index (χ1n) is 12.5. The van der Waals surface area contributed by atoms with E-state index in [2.05, 4.69) is 40.2 Å². The maximum absolute atomic E-state index is 12.5. The monoisotopic (exact) mass is 512 g/mol. The number of carbonyl (C=O) groups excluding carboxylic acids is 3. The molecule has 2 aromatic rings. The Morgan fingerprint density at radius 1 is 0.811 bits per heavy atom. The van der Waals surface area contributed by atoms with Crippen molar-refractivity contribution in [3.8, 4) is 11.1 Å². The second kappa shape index (κ2) is 14.8. The lowest BCUT2D eigenvalue weighted by molar-refractivity contribution is -0.132. The topological polar surface area (TPSA) is 118 Å². The van der Waals surface area contributed by atoms with E-state index >= 15 is 0 Å². The van der Waals surface area contributed by atoms with Gasteiger partial charge >= 0.3 is 12.2 Å². The Balaban J connectivity index is 1.32. The molecule has 0 aliphatic heterocycles. The molecule has 10 nitrogen and oxygen atoms in total. The number of carbonyl (C=O) groups is 3. The van der Waals surface area contributed by atoms with E-state index in [-0.39, 0.29) is 51.2 Å². The Labute approximate surface area is 217 Å². The fourth-order valence-electron chi connectivity index (χ4n) is 4.22. The molecule has 1 aliphatic carbocycles. The van der Waals surface area contributed by atoms with Gasteiger partial charge in [-0.05, 0) is 29.3 Å². The number of likely N-dealkylation sites (N-methyl/N-ethyl adjacent to an activating group) is 1. The summed E-state index contributed by atoms with van der Waals surface area (Å²) >= 11 is 0. The third-order valence-corrected chi connectivity index (χ3v) is 6.10. The minimum atomic E-state index is -0.534. The van der Waals surface area contributed by atoms with Gasteiger partial charge in [0.15, 0.2) is 0 Å². The Morgan fingerprint density at radius 3 is 2.14 bits per heavy atom. The molecule has 0 aromatic heterocycles. The van der Waals surface area contributed by atoms with Gasteiger partial charge in [0.25, 0.3) is 0 Å². The second-order valence-electron chi connectivity index (χ2n) is 8.48. The van der Waals surface area contributed by atoms with Crippen LogP contribution in [0.25, 0.3) is 11.1 Å². The van der Waals surface area contributed by atoms with Crippen molar-refractivity contribution < 1.29 is 28.6 Å². The molecule has 0 saturated heterocycles. The number of nitrogens with zero attached hydrogens (tertiary/aromatic N) is 1. The van der Waals surface area contributed by atoms with Crippen LogP contribution < -0.4 is 16.0 Å². The lowest BCUT2D eigenvalue weighted by Crippen LogP contribution is -2.39. The van der Waals surface area contributed by atoms with Crippen LogP contribution in [0.4, 0.5) is 9.59 Å². The molecule has 0 heterocycles. The van der Waals surface area contributed by atoms with Crippen LogP contribution in [0.1, 0.15) is 23.5 Å². The van der Waals surface area contributed by atoms with Crippen molar-refractivity contribution >= 4 is 18.1 Å². The van der Waals surface area contributed by atoms with Crippen molar-refractivity contribution in [1.82, 2.24) is 20.9 Å². The highest BCUT2D eigenvalue weighted by molar-refractivity contribution is 5.79. The Hall–Kier alpha value is -3.63. The Bertz CT molecular complexity index is 1000. The summed E-state index contributed by atoms with van der Waals surface area (Å²) in [5.74, 6) is -0.0896. The first-order chi connectivity index (χ1) is 18.0. The maximum Gasteiger partial charge on any atom is 0.407 e. The molecule has 3 N–H and O–H groups in total. The Morgan fingerprint density at radius 2 is 1.49 bits per heavy atom. The molecule has 200 valence electrons. The predicted molar refractivity (Wildman–Crippen MR) is 139 cm³/mol. The molecule has 10 heteroatoms. The second-order valence-corrected chi connectivity index (χ2v) is 8.48. The number of fused-ring (bicyclic) bond motifs is 3. The lowest BCUT2D eigenvalue weighted by Gasteiger charge is -2.22. The standard InChI is InChI=1S/C27H36N4O6/c1-28-12-14-31(15-18-36-26(33)29-2)25(32)11-16-35-17-13-30-27(34)37-19-24-22-9-5-3-7-20(22)21-8-4-6-10-23(21)24/h3-10,24,28H,11-19H2,1-2H3,(H,29,33)(H,30,34). The van der Waals surface area contributed by atoms with Crippen LogP contribution in [0.3, 0.4) is 0 Å². The molecular weight excluding hydrogens is 476 g/mol. The van der Waals surface area contributed by atoms with Crippen LogP contribution in [0.15, 0.2) is 48.5 Å². The van der Waals surface area contributed by atoms with Gasteiger partial charge in [0, 0.05) is 32.6 Å². The number of nitrogens with one attached hydrogen (secondary N) is 3. The van der Waals surface area contributed by atoms with Crippen molar-refractivity contribution in [2.45, 2.75) is 12.3 Å². The van der Waals surface area contributed by atoms with Gasteiger partial charge in [0.2, 0.25) is 5.91 Å². The van der Waals surface area contributed by atoms with E-state index in [0.717, 1.165) is 11.1 Å². The van der Waals surface area contributed by atoms with E-state index in [1.165, 1.54) is 18.2 Å². The van der Waals surface area contributed by atoms with E-state index in [1.54, 1.807) is 11.9 Å². The van der Waals surface area contributed by atoms with Crippen LogP contribution in [-0.4, -0.2) is 89.7 Å². The van der Waals surface area contributed by atoms with Gasteiger partial charge in [-0.25, -0.2) is 9.59 Å². The normalized spacial score (nSPS) is 11.8. The van der Waals surface area contributed by atoms with E-state index in [1.807, 2.05) is 24.3 Å². The minimum absolute atomic E-state index is 0.00743. The van der Waals surface area contributed by atoms with E-state index in [9.17, 15) is 14.4 Å². The predicted octanol–water partition coefficient (Wildman–Crippen LogP) is 2.34. The summed E-state index contributed by atoms with van der Waals surface area (Å²) < 4.78 is 16.0. The van der Waals surface area contributed by atoms with Gasteiger partial charge in [-0.15, -0.1) is 0 Å². The average Bonchev–Trinajstić information content (AvgIpc) is 3.24. The summed E-state index contributed by atoms with van der Waals surface area (Å²) in [5.41, 5.74) is 4.68. The number of amides is 3. The van der Waals surface area contributed by atoms with Crippen molar-refractivity contribution in [1.29, 1.82) is 0 Å². The van der Waals surface area contributed by atoms with Crippen molar-refractivity contribution in [3.05, 3.63) is 59.7 Å². The molecule has 0 spiro atoms. The van der Waals surface area contributed by atoms with Gasteiger partial charge in [-0.1, -0.05) is 48.5 Å². The molecule has 1 aliphatic rings. The first kappa shape index (κ1) is 27.9. The number of ether oxygens (including phenoxy) is 3. The number of rotatable bonds is 14. The van der Waals surface area contributed by atoms with Crippen molar-refractivity contribution in [3.63, 3.8) is 0 Å². The smallest absolute Gasteiger partial charge is 0.407 e. The molecule has 3 rings (SSSR count). The van der Waals surface area contributed by atoms with E-state index in [4.69, 9.17) is 14.2 Å². The van der Waals surface area contributed by atoms with Gasteiger partial charge in [0.1, 0.15) is 13.2 Å². The summed E-state index contributed by atoms with van der Waals surface area (Å²) in [5, 5.41) is 8.06. The van der Waals surface area contributed by atoms with Gasteiger partial charge in [-0.3, -0.25) is 4.79 Å². The zero-order chi connectivity index (χ0) is 26.5. The largest absolute Gasteiger partial charge is 0.449 e. The number of hydrogen-bond acceptors (Lipinski definition) is 7. The van der Waals surface area contributed by atoms with E-state index in [0.29, 0.717) is 19.6 Å². The summed E-state index contributed by atoms with van der Waals surface area (Å²) in [6.07, 6.45) is -0.849. The van der Waals surface area contributed by atoms with Crippen molar-refractivity contribution in [2.75, 3.05) is 66.7 Å². The highest BCUT2D eigenvalue weighted by atomic mass is 16.6. The fraction of sp³-hybridized carbons (Fsp3) is 0.444. The zero-order valence-electron chi connectivity index (χ0n) is 21.5. The first-order valence-corrected chi connectivity index (χ1v) is 12.5. The van der Waals surface area contributed by atoms with Crippen molar-refractivity contribution in [2.24, 2.45) is 0 Å². The maximum atomic E-state index is 12.5. The highest BCUT2D eigenvalue weighted by Crippen LogP contribution is 2.44. The van der Waals surface area contributed by atoms with Gasteiger partial charge in [0.05, 0.1) is 26.2 Å². The third-order valence-electron chi connectivity index (χ3n) is 6.10. The molecule has 2 aromatic carbocycles. The SMILES string of the molecule is CNCCN(CCOC(=O)NC)C(=O)CCOCCNC(=O)OCC1c2ccccc2-c2ccccc21. The van der Waals surface area contributed by atoms with Crippen LogP contribution in [0, 0.1) is 0 Å². The molecule has 0 atom stereocenters. The van der Waals surface area contributed by atoms with Crippen LogP contribution in [-0.2, 0) is 19.0 Å². The number of alkyl carbamates (subject to hydrolysis) is 2. The van der Waals surface area contributed by atoms with Gasteiger partial charge in [-0.2, -0.15) is 0 Å². The number of hydrogen-bond donors (Lipinski definition) is 3. The molecule has 0 radical (unpaired) electrons. The quantitative estimate of drug-likeness (QED) is 0.333. The number of benzene rings is 2. The molecule has 0 unspecified atom stereocenters.